The van der Waals surface area contributed by atoms with Crippen LogP contribution in [0.2, 0.25) is 0 Å². The second-order valence-corrected chi connectivity index (χ2v) is 5.91. The number of hydrogen-bond donors (Lipinski definition) is 1. The molecule has 0 saturated carbocycles. The molecule has 0 spiro atoms. The zero-order valence-electron chi connectivity index (χ0n) is 13.2. The van der Waals surface area contributed by atoms with Crippen molar-refractivity contribution in [2.45, 2.75) is 32.2 Å². The standard InChI is InChI=1S/C17H24N2O3/c1-3-22-15(20)13-8-7-11-19(12-13)16(21)17(2,18)14-9-5-4-6-10-14/h4-6,9-10,13H,3,7-8,11-12,18H2,1-2H3. The lowest BCUT2D eigenvalue weighted by atomic mass is 9.89. The van der Waals surface area contributed by atoms with Gasteiger partial charge in [-0.3, -0.25) is 9.59 Å². The van der Waals surface area contributed by atoms with Crippen LogP contribution in [0, 0.1) is 5.92 Å². The van der Waals surface area contributed by atoms with Crippen LogP contribution < -0.4 is 5.73 Å². The predicted molar refractivity (Wildman–Crippen MR) is 83.9 cm³/mol. The van der Waals surface area contributed by atoms with Crippen LogP contribution in [0.15, 0.2) is 30.3 Å². The molecule has 2 atom stereocenters. The van der Waals surface area contributed by atoms with E-state index in [4.69, 9.17) is 10.5 Å². The number of rotatable bonds is 4. The smallest absolute Gasteiger partial charge is 0.310 e. The SMILES string of the molecule is CCOC(=O)C1CCCN(C(=O)C(C)(N)c2ccccc2)C1. The van der Waals surface area contributed by atoms with Gasteiger partial charge in [-0.2, -0.15) is 0 Å². The van der Waals surface area contributed by atoms with Crippen LogP contribution in [-0.2, 0) is 19.9 Å². The highest BCUT2D eigenvalue weighted by atomic mass is 16.5. The minimum Gasteiger partial charge on any atom is -0.466 e. The van der Waals surface area contributed by atoms with Gasteiger partial charge >= 0.3 is 5.97 Å². The quantitative estimate of drug-likeness (QED) is 0.859. The molecule has 120 valence electrons. The summed E-state index contributed by atoms with van der Waals surface area (Å²) in [6, 6.07) is 9.33. The molecule has 2 unspecified atom stereocenters. The molecule has 1 heterocycles. The van der Waals surface area contributed by atoms with E-state index in [9.17, 15) is 9.59 Å². The van der Waals surface area contributed by atoms with Gasteiger partial charge in [0.2, 0.25) is 5.91 Å². The van der Waals surface area contributed by atoms with E-state index < -0.39 is 5.54 Å². The maximum absolute atomic E-state index is 12.8. The summed E-state index contributed by atoms with van der Waals surface area (Å²) in [7, 11) is 0. The molecular formula is C17H24N2O3. The van der Waals surface area contributed by atoms with Gasteiger partial charge in [0.05, 0.1) is 12.5 Å². The van der Waals surface area contributed by atoms with Crippen LogP contribution in [0.4, 0.5) is 0 Å². The number of likely N-dealkylation sites (tertiary alicyclic amines) is 1. The molecule has 1 fully saturated rings. The molecule has 5 nitrogen and oxygen atoms in total. The number of carbonyl (C=O) groups is 2. The van der Waals surface area contributed by atoms with Crippen molar-refractivity contribution >= 4 is 11.9 Å². The zero-order chi connectivity index (χ0) is 16.2. The molecule has 1 aliphatic rings. The molecule has 0 aliphatic carbocycles. The van der Waals surface area contributed by atoms with E-state index in [0.717, 1.165) is 18.4 Å². The molecule has 0 radical (unpaired) electrons. The lowest BCUT2D eigenvalue weighted by Gasteiger charge is -2.36. The third-order valence-corrected chi connectivity index (χ3v) is 4.15. The van der Waals surface area contributed by atoms with Gasteiger partial charge in [-0.05, 0) is 32.3 Å². The largest absolute Gasteiger partial charge is 0.466 e. The number of ether oxygens (including phenoxy) is 1. The van der Waals surface area contributed by atoms with E-state index in [1.54, 1.807) is 18.7 Å². The molecule has 2 N–H and O–H groups in total. The first kappa shape index (κ1) is 16.5. The molecule has 1 amide bonds. The van der Waals surface area contributed by atoms with Gasteiger partial charge in [0.15, 0.2) is 0 Å². The molecular weight excluding hydrogens is 280 g/mol. The first-order chi connectivity index (χ1) is 10.5. The number of nitrogens with zero attached hydrogens (tertiary/aromatic N) is 1. The molecule has 1 aliphatic heterocycles. The lowest BCUT2D eigenvalue weighted by Crippen LogP contribution is -2.54. The Labute approximate surface area is 131 Å². The van der Waals surface area contributed by atoms with E-state index in [0.29, 0.717) is 19.7 Å². The van der Waals surface area contributed by atoms with Crippen LogP contribution >= 0.6 is 0 Å². The second kappa shape index (κ2) is 6.92. The third-order valence-electron chi connectivity index (χ3n) is 4.15. The fourth-order valence-corrected chi connectivity index (χ4v) is 2.85. The lowest BCUT2D eigenvalue weighted by molar-refractivity contribution is -0.152. The summed E-state index contributed by atoms with van der Waals surface area (Å²) in [5.74, 6) is -0.615. The van der Waals surface area contributed by atoms with Gasteiger partial charge in [-0.25, -0.2) is 0 Å². The Morgan fingerprint density at radius 2 is 2.05 bits per heavy atom. The molecule has 2 rings (SSSR count). The van der Waals surface area contributed by atoms with E-state index in [1.165, 1.54) is 0 Å². The van der Waals surface area contributed by atoms with Crippen molar-refractivity contribution in [3.63, 3.8) is 0 Å². The van der Waals surface area contributed by atoms with Crippen molar-refractivity contribution in [3.8, 4) is 0 Å². The van der Waals surface area contributed by atoms with Gasteiger partial charge < -0.3 is 15.4 Å². The number of benzene rings is 1. The van der Waals surface area contributed by atoms with E-state index in [1.807, 2.05) is 30.3 Å². The number of amides is 1. The maximum atomic E-state index is 12.8. The number of piperidine rings is 1. The summed E-state index contributed by atoms with van der Waals surface area (Å²) in [5, 5.41) is 0. The molecule has 5 heteroatoms. The van der Waals surface area contributed by atoms with E-state index in [-0.39, 0.29) is 17.8 Å². The van der Waals surface area contributed by atoms with Crippen molar-refractivity contribution in [1.82, 2.24) is 4.90 Å². The molecule has 0 bridgehead atoms. The van der Waals surface area contributed by atoms with E-state index >= 15 is 0 Å². The Bertz CT molecular complexity index is 528. The number of nitrogens with two attached hydrogens (primary N) is 1. The average molecular weight is 304 g/mol. The Hall–Kier alpha value is -1.88. The Morgan fingerprint density at radius 3 is 2.68 bits per heavy atom. The van der Waals surface area contributed by atoms with Crippen molar-refractivity contribution in [1.29, 1.82) is 0 Å². The van der Waals surface area contributed by atoms with Gasteiger partial charge in [0.25, 0.3) is 0 Å². The highest BCUT2D eigenvalue weighted by molar-refractivity contribution is 5.87. The summed E-state index contributed by atoms with van der Waals surface area (Å²) >= 11 is 0. The predicted octanol–water partition coefficient (Wildman–Crippen LogP) is 1.66. The van der Waals surface area contributed by atoms with Crippen molar-refractivity contribution in [2.75, 3.05) is 19.7 Å². The minimum atomic E-state index is -1.09. The Morgan fingerprint density at radius 1 is 1.36 bits per heavy atom. The monoisotopic (exact) mass is 304 g/mol. The Balaban J connectivity index is 2.10. The summed E-state index contributed by atoms with van der Waals surface area (Å²) < 4.78 is 5.07. The summed E-state index contributed by atoms with van der Waals surface area (Å²) in [6.45, 7) is 4.89. The average Bonchev–Trinajstić information content (AvgIpc) is 2.55. The number of hydrogen-bond acceptors (Lipinski definition) is 4. The van der Waals surface area contributed by atoms with Crippen molar-refractivity contribution < 1.29 is 14.3 Å². The molecule has 1 saturated heterocycles. The summed E-state index contributed by atoms with van der Waals surface area (Å²) in [6.07, 6.45) is 1.55. The highest BCUT2D eigenvalue weighted by Crippen LogP contribution is 2.25. The van der Waals surface area contributed by atoms with Gasteiger partial charge in [0, 0.05) is 13.1 Å². The second-order valence-electron chi connectivity index (χ2n) is 5.91. The molecule has 0 aromatic heterocycles. The highest BCUT2D eigenvalue weighted by Gasteiger charge is 2.38. The topological polar surface area (TPSA) is 72.6 Å². The van der Waals surface area contributed by atoms with Gasteiger partial charge in [0.1, 0.15) is 5.54 Å². The zero-order valence-corrected chi connectivity index (χ0v) is 13.2. The minimum absolute atomic E-state index is 0.146. The van der Waals surface area contributed by atoms with Crippen molar-refractivity contribution in [3.05, 3.63) is 35.9 Å². The summed E-state index contributed by atoms with van der Waals surface area (Å²) in [4.78, 5) is 26.4. The normalized spacial score (nSPS) is 21.0. The van der Waals surface area contributed by atoms with E-state index in [2.05, 4.69) is 0 Å². The molecule has 1 aromatic carbocycles. The first-order valence-corrected chi connectivity index (χ1v) is 7.77. The fourth-order valence-electron chi connectivity index (χ4n) is 2.85. The fraction of sp³-hybridized carbons (Fsp3) is 0.529. The maximum Gasteiger partial charge on any atom is 0.310 e. The first-order valence-electron chi connectivity index (χ1n) is 7.77. The molecule has 22 heavy (non-hydrogen) atoms. The molecule has 1 aromatic rings. The number of carbonyl (C=O) groups excluding carboxylic acids is 2. The van der Waals surface area contributed by atoms with Crippen LogP contribution in [0.3, 0.4) is 0 Å². The third kappa shape index (κ3) is 3.47. The van der Waals surface area contributed by atoms with Crippen LogP contribution in [0.1, 0.15) is 32.3 Å². The Kier molecular flexibility index (Phi) is 5.19. The summed E-state index contributed by atoms with van der Waals surface area (Å²) in [5.41, 5.74) is 5.98. The van der Waals surface area contributed by atoms with Gasteiger partial charge in [-0.15, -0.1) is 0 Å². The van der Waals surface area contributed by atoms with Crippen LogP contribution in [0.25, 0.3) is 0 Å². The van der Waals surface area contributed by atoms with Crippen LogP contribution in [-0.4, -0.2) is 36.5 Å². The van der Waals surface area contributed by atoms with Gasteiger partial charge in [-0.1, -0.05) is 30.3 Å². The van der Waals surface area contributed by atoms with Crippen molar-refractivity contribution in [2.24, 2.45) is 11.7 Å². The number of esters is 1. The van der Waals surface area contributed by atoms with Crippen LogP contribution in [0.5, 0.6) is 0 Å².